The molecular formula is C22H16Cl4O2P2. The van der Waals surface area contributed by atoms with Crippen molar-refractivity contribution >= 4 is 78.2 Å². The molecule has 0 amide bonds. The molecule has 0 N–H and O–H groups in total. The highest BCUT2D eigenvalue weighted by atomic mass is 35.9. The smallest absolute Gasteiger partial charge is 0.257 e. The molecule has 154 valence electrons. The Balaban J connectivity index is 2.16. The van der Waals surface area contributed by atoms with Crippen molar-refractivity contribution in [2.24, 2.45) is 0 Å². The average molecular weight is 516 g/mol. The highest BCUT2D eigenvalue weighted by molar-refractivity contribution is 8.08. The average Bonchev–Trinajstić information content (AvgIpc) is 2.66. The second kappa shape index (κ2) is 8.51. The standard InChI is InChI=1S/C22H16Cl4O2P2/c23-29(24,27)13-17-11-9-15-5-1-3-7-19(15)21(17)22-18(14-30(25,26)28)12-10-16-6-2-4-8-20(16)22/h1-12H,13-14H2. The molecule has 2 nitrogen and oxygen atoms in total. The molecule has 0 saturated heterocycles. The van der Waals surface area contributed by atoms with Gasteiger partial charge < -0.3 is 0 Å². The first-order chi connectivity index (χ1) is 14.1. The number of halogens is 4. The maximum Gasteiger partial charge on any atom is 0.257 e. The van der Waals surface area contributed by atoms with Crippen LogP contribution in [0.3, 0.4) is 0 Å². The van der Waals surface area contributed by atoms with E-state index >= 15 is 0 Å². The van der Waals surface area contributed by atoms with E-state index in [1.807, 2.05) is 72.8 Å². The Kier molecular flexibility index (Phi) is 6.31. The third kappa shape index (κ3) is 4.91. The van der Waals surface area contributed by atoms with Crippen LogP contribution in [0.15, 0.2) is 72.8 Å². The summed E-state index contributed by atoms with van der Waals surface area (Å²) in [6.07, 6.45) is 0.0245. The Bertz CT molecular complexity index is 1250. The fourth-order valence-electron chi connectivity index (χ4n) is 3.88. The van der Waals surface area contributed by atoms with E-state index in [0.717, 1.165) is 43.8 Å². The molecule has 4 aromatic rings. The van der Waals surface area contributed by atoms with Crippen LogP contribution >= 0.6 is 56.7 Å². The van der Waals surface area contributed by atoms with Crippen molar-refractivity contribution < 1.29 is 9.13 Å². The largest absolute Gasteiger partial charge is 0.289 e. The van der Waals surface area contributed by atoms with Crippen LogP contribution in [0.1, 0.15) is 11.1 Å². The topological polar surface area (TPSA) is 34.1 Å². The van der Waals surface area contributed by atoms with E-state index < -0.39 is 11.7 Å². The Morgan fingerprint density at radius 3 is 1.27 bits per heavy atom. The summed E-state index contributed by atoms with van der Waals surface area (Å²) in [5.41, 5.74) is 3.20. The van der Waals surface area contributed by atoms with Gasteiger partial charge in [0.1, 0.15) is 0 Å². The van der Waals surface area contributed by atoms with Crippen molar-refractivity contribution in [2.45, 2.75) is 12.3 Å². The Labute approximate surface area is 194 Å². The van der Waals surface area contributed by atoms with Crippen LogP contribution in [-0.4, -0.2) is 0 Å². The number of fused-ring (bicyclic) bond motifs is 2. The summed E-state index contributed by atoms with van der Waals surface area (Å²) in [5, 5.41) is 3.92. The van der Waals surface area contributed by atoms with Gasteiger partial charge in [-0.3, -0.25) is 9.13 Å². The molecule has 0 aliphatic carbocycles. The molecule has 0 atom stereocenters. The summed E-state index contributed by atoms with van der Waals surface area (Å²) in [4.78, 5) is 0. The molecule has 4 aromatic carbocycles. The molecule has 0 fully saturated rings. The van der Waals surface area contributed by atoms with Crippen LogP contribution in [0.2, 0.25) is 0 Å². The SMILES string of the molecule is O=P(Cl)(Cl)Cc1ccc2ccccc2c1-c1c(CP(=O)(Cl)Cl)ccc2ccccc12. The predicted octanol–water partition coefficient (Wildman–Crippen LogP) is 10.0. The van der Waals surface area contributed by atoms with Crippen LogP contribution in [-0.2, 0) is 21.5 Å². The summed E-state index contributed by atoms with van der Waals surface area (Å²) < 4.78 is 24.7. The Morgan fingerprint density at radius 1 is 0.533 bits per heavy atom. The van der Waals surface area contributed by atoms with Gasteiger partial charge in [-0.05, 0) is 88.8 Å². The molecule has 0 saturated carbocycles. The first kappa shape index (κ1) is 22.2. The van der Waals surface area contributed by atoms with E-state index in [4.69, 9.17) is 45.0 Å². The van der Waals surface area contributed by atoms with E-state index in [9.17, 15) is 9.13 Å². The molecule has 8 heteroatoms. The second-order valence-electron chi connectivity index (χ2n) is 7.10. The van der Waals surface area contributed by atoms with Crippen LogP contribution in [0, 0.1) is 0 Å². The molecule has 0 bridgehead atoms. The zero-order valence-electron chi connectivity index (χ0n) is 15.6. The molecule has 0 aliphatic heterocycles. The summed E-state index contributed by atoms with van der Waals surface area (Å²) in [7, 11) is 0. The fourth-order valence-corrected chi connectivity index (χ4v) is 6.75. The summed E-state index contributed by atoms with van der Waals surface area (Å²) in [5.74, 6) is -6.78. The minimum absolute atomic E-state index is 0.0123. The third-order valence-electron chi connectivity index (χ3n) is 4.99. The zero-order valence-corrected chi connectivity index (χ0v) is 20.4. The highest BCUT2D eigenvalue weighted by Crippen LogP contribution is 2.62. The molecule has 0 radical (unpaired) electrons. The molecule has 0 aromatic heterocycles. The van der Waals surface area contributed by atoms with E-state index in [1.54, 1.807) is 0 Å². The van der Waals surface area contributed by atoms with Gasteiger partial charge in [0, 0.05) is 0 Å². The maximum absolute atomic E-state index is 12.3. The Morgan fingerprint density at radius 2 is 0.900 bits per heavy atom. The molecule has 0 spiro atoms. The van der Waals surface area contributed by atoms with Crippen molar-refractivity contribution in [1.29, 1.82) is 0 Å². The van der Waals surface area contributed by atoms with Crippen molar-refractivity contribution in [3.8, 4) is 11.1 Å². The lowest BCUT2D eigenvalue weighted by molar-refractivity contribution is 0.591. The van der Waals surface area contributed by atoms with Crippen LogP contribution in [0.4, 0.5) is 0 Å². The second-order valence-corrected chi connectivity index (χ2v) is 17.6. The van der Waals surface area contributed by atoms with Crippen LogP contribution < -0.4 is 0 Å². The number of hydrogen-bond acceptors (Lipinski definition) is 2. The molecular weight excluding hydrogens is 500 g/mol. The van der Waals surface area contributed by atoms with Gasteiger partial charge >= 0.3 is 0 Å². The van der Waals surface area contributed by atoms with Crippen LogP contribution in [0.5, 0.6) is 0 Å². The van der Waals surface area contributed by atoms with Gasteiger partial charge in [0.15, 0.2) is 0 Å². The number of benzene rings is 4. The van der Waals surface area contributed by atoms with Gasteiger partial charge in [-0.25, -0.2) is 0 Å². The van der Waals surface area contributed by atoms with Gasteiger partial charge in [-0.1, -0.05) is 72.8 Å². The van der Waals surface area contributed by atoms with E-state index in [-0.39, 0.29) is 12.3 Å². The molecule has 4 rings (SSSR count). The Hall–Kier alpha value is -0.980. The highest BCUT2D eigenvalue weighted by Gasteiger charge is 2.24. The monoisotopic (exact) mass is 514 g/mol. The van der Waals surface area contributed by atoms with Crippen molar-refractivity contribution in [3.63, 3.8) is 0 Å². The predicted molar refractivity (Wildman–Crippen MR) is 133 cm³/mol. The lowest BCUT2D eigenvalue weighted by Gasteiger charge is -2.20. The lowest BCUT2D eigenvalue weighted by atomic mass is 9.88. The normalized spacial score (nSPS) is 12.5. The summed E-state index contributed by atoms with van der Waals surface area (Å²) in [6.45, 7) is 0. The van der Waals surface area contributed by atoms with E-state index in [2.05, 4.69) is 0 Å². The molecule has 0 heterocycles. The first-order valence-electron chi connectivity index (χ1n) is 9.11. The van der Waals surface area contributed by atoms with Crippen LogP contribution in [0.25, 0.3) is 32.7 Å². The van der Waals surface area contributed by atoms with Gasteiger partial charge in [0.2, 0.25) is 0 Å². The minimum atomic E-state index is -3.39. The van der Waals surface area contributed by atoms with Crippen molar-refractivity contribution in [3.05, 3.63) is 83.9 Å². The van der Waals surface area contributed by atoms with Gasteiger partial charge in [-0.15, -0.1) is 0 Å². The maximum atomic E-state index is 12.3. The number of hydrogen-bond donors (Lipinski definition) is 0. The quantitative estimate of drug-likeness (QED) is 0.248. The van der Waals surface area contributed by atoms with Gasteiger partial charge in [0.05, 0.1) is 12.3 Å². The zero-order chi connectivity index (χ0) is 21.5. The number of rotatable bonds is 5. The summed E-state index contributed by atoms with van der Waals surface area (Å²) in [6, 6.07) is 23.5. The third-order valence-corrected chi connectivity index (χ3v) is 7.84. The van der Waals surface area contributed by atoms with E-state index in [1.165, 1.54) is 0 Å². The molecule has 0 unspecified atom stereocenters. The summed E-state index contributed by atoms with van der Waals surface area (Å²) >= 11 is 23.9. The lowest BCUT2D eigenvalue weighted by Crippen LogP contribution is -1.96. The first-order valence-corrected chi connectivity index (χ1v) is 16.5. The fraction of sp³-hybridized carbons (Fsp3) is 0.0909. The molecule has 0 aliphatic rings. The minimum Gasteiger partial charge on any atom is -0.289 e. The van der Waals surface area contributed by atoms with Crippen molar-refractivity contribution in [2.75, 3.05) is 0 Å². The van der Waals surface area contributed by atoms with Crippen molar-refractivity contribution in [1.82, 2.24) is 0 Å². The van der Waals surface area contributed by atoms with E-state index in [0.29, 0.717) is 0 Å². The van der Waals surface area contributed by atoms with Gasteiger partial charge in [-0.2, -0.15) is 0 Å². The van der Waals surface area contributed by atoms with Gasteiger partial charge in [0.25, 0.3) is 11.7 Å². The molecule has 30 heavy (non-hydrogen) atoms.